The van der Waals surface area contributed by atoms with E-state index in [0.29, 0.717) is 10.9 Å². The molecule has 146 valence electrons. The smallest absolute Gasteiger partial charge is 0.417 e. The average Bonchev–Trinajstić information content (AvgIpc) is 2.76. The van der Waals surface area contributed by atoms with Gasteiger partial charge in [-0.2, -0.15) is 18.3 Å². The molecule has 0 aliphatic heterocycles. The van der Waals surface area contributed by atoms with Crippen molar-refractivity contribution in [2.24, 2.45) is 7.05 Å². The van der Waals surface area contributed by atoms with Gasteiger partial charge in [0.15, 0.2) is 20.2 Å². The number of aryl methyl sites for hydroxylation is 1. The molecule has 0 aliphatic rings. The van der Waals surface area contributed by atoms with E-state index < -0.39 is 20.6 Å². The molecule has 0 amide bonds. The van der Waals surface area contributed by atoms with Crippen molar-refractivity contribution >= 4 is 25.0 Å². The second-order valence-corrected chi connectivity index (χ2v) is 12.6. The number of ether oxygens (including phenoxy) is 1. The summed E-state index contributed by atoms with van der Waals surface area (Å²) >= 11 is 0. The molecule has 0 bridgehead atoms. The Morgan fingerprint density at radius 3 is 2.23 bits per heavy atom. The Balaban J connectivity index is 2.69. The van der Waals surface area contributed by atoms with Crippen LogP contribution in [0.5, 0.6) is 5.75 Å². The van der Waals surface area contributed by atoms with E-state index in [1.165, 1.54) is 17.9 Å². The molecule has 0 fully saturated rings. The number of anilines is 1. The fourth-order valence-electron chi connectivity index (χ4n) is 2.58. The van der Waals surface area contributed by atoms with Crippen LogP contribution in [0.1, 0.15) is 32.4 Å². The Kier molecular flexibility index (Phi) is 5.10. The first-order valence-corrected chi connectivity index (χ1v) is 11.1. The maximum absolute atomic E-state index is 13.9. The highest BCUT2D eigenvalue weighted by atomic mass is 28.4. The van der Waals surface area contributed by atoms with Crippen molar-refractivity contribution in [3.8, 4) is 5.75 Å². The van der Waals surface area contributed by atoms with Crippen LogP contribution in [0.4, 0.5) is 19.0 Å². The van der Waals surface area contributed by atoms with Crippen LogP contribution in [-0.2, 0) is 11.5 Å². The zero-order chi connectivity index (χ0) is 20.1. The first kappa shape index (κ1) is 20.6. The summed E-state index contributed by atoms with van der Waals surface area (Å²) in [5.74, 6) is 0.170. The number of halogens is 3. The van der Waals surface area contributed by atoms with E-state index in [-0.39, 0.29) is 22.2 Å². The van der Waals surface area contributed by atoms with Crippen LogP contribution in [0.2, 0.25) is 18.1 Å². The Labute approximate surface area is 152 Å². The molecule has 0 spiro atoms. The number of aromatic nitrogens is 2. The standard InChI is InChI=1S/C17H26F3N3O2Si/c1-16(2,3)26(6,7)25-14(17(18,19)20)10-8-9-11-12(13(10)24-5)15(21)22-23(11)4/h8-9,14H,1-7H3,(H2,21,22)/t14-/m0/s1. The molecule has 0 unspecified atom stereocenters. The van der Waals surface area contributed by atoms with Crippen molar-refractivity contribution in [1.82, 2.24) is 9.78 Å². The van der Waals surface area contributed by atoms with Gasteiger partial charge in [0.2, 0.25) is 0 Å². The van der Waals surface area contributed by atoms with E-state index in [1.807, 2.05) is 20.8 Å². The van der Waals surface area contributed by atoms with Crippen molar-refractivity contribution in [1.29, 1.82) is 0 Å². The second-order valence-electron chi connectivity index (χ2n) is 7.89. The van der Waals surface area contributed by atoms with Gasteiger partial charge < -0.3 is 14.9 Å². The zero-order valence-corrected chi connectivity index (χ0v) is 17.2. The molecular weight excluding hydrogens is 363 g/mol. The molecule has 2 rings (SSSR count). The lowest BCUT2D eigenvalue weighted by atomic mass is 10.0. The van der Waals surface area contributed by atoms with Gasteiger partial charge >= 0.3 is 6.18 Å². The summed E-state index contributed by atoms with van der Waals surface area (Å²) in [5.41, 5.74) is 6.41. The molecular formula is C17H26F3N3O2Si. The number of alkyl halides is 3. The lowest BCUT2D eigenvalue weighted by Gasteiger charge is -2.40. The molecule has 1 aromatic heterocycles. The van der Waals surface area contributed by atoms with Crippen molar-refractivity contribution in [2.45, 2.75) is 51.2 Å². The predicted octanol–water partition coefficient (Wildman–Crippen LogP) is 4.79. The van der Waals surface area contributed by atoms with E-state index in [0.717, 1.165) is 0 Å². The van der Waals surface area contributed by atoms with Gasteiger partial charge in [-0.05, 0) is 24.2 Å². The second kappa shape index (κ2) is 6.45. The van der Waals surface area contributed by atoms with E-state index in [4.69, 9.17) is 14.9 Å². The first-order valence-electron chi connectivity index (χ1n) is 8.24. The summed E-state index contributed by atoms with van der Waals surface area (Å²) in [6.45, 7) is 9.26. The van der Waals surface area contributed by atoms with Gasteiger partial charge in [-0.1, -0.05) is 26.8 Å². The molecule has 0 saturated heterocycles. The molecule has 1 atom stereocenters. The number of rotatable bonds is 4. The van der Waals surface area contributed by atoms with Gasteiger partial charge in [-0.3, -0.25) is 4.68 Å². The lowest BCUT2D eigenvalue weighted by Crippen LogP contribution is -2.44. The molecule has 0 saturated carbocycles. The first-order chi connectivity index (χ1) is 11.7. The molecule has 1 aromatic carbocycles. The van der Waals surface area contributed by atoms with Gasteiger partial charge in [-0.15, -0.1) is 0 Å². The van der Waals surface area contributed by atoms with Crippen molar-refractivity contribution in [2.75, 3.05) is 12.8 Å². The van der Waals surface area contributed by atoms with Crippen molar-refractivity contribution in [3.63, 3.8) is 0 Å². The Morgan fingerprint density at radius 1 is 1.19 bits per heavy atom. The molecule has 0 aliphatic carbocycles. The minimum absolute atomic E-state index is 0.0501. The third-order valence-corrected chi connectivity index (χ3v) is 9.47. The SMILES string of the molecule is COc1c([C@H](O[Si](C)(C)C(C)(C)C)C(F)(F)F)ccc2c1c(N)nn2C. The quantitative estimate of drug-likeness (QED) is 0.764. The predicted molar refractivity (Wildman–Crippen MR) is 98.8 cm³/mol. The summed E-state index contributed by atoms with van der Waals surface area (Å²) < 4.78 is 54.4. The number of fused-ring (bicyclic) bond motifs is 1. The number of benzene rings is 1. The molecule has 9 heteroatoms. The Morgan fingerprint density at radius 2 is 1.77 bits per heavy atom. The van der Waals surface area contributed by atoms with Crippen LogP contribution in [0.3, 0.4) is 0 Å². The zero-order valence-electron chi connectivity index (χ0n) is 16.2. The van der Waals surface area contributed by atoms with Gasteiger partial charge in [0.1, 0.15) is 5.75 Å². The maximum Gasteiger partial charge on any atom is 0.417 e. The highest BCUT2D eigenvalue weighted by Gasteiger charge is 2.49. The fourth-order valence-corrected chi connectivity index (χ4v) is 3.78. The largest absolute Gasteiger partial charge is 0.496 e. The summed E-state index contributed by atoms with van der Waals surface area (Å²) in [7, 11) is 0.296. The third kappa shape index (κ3) is 3.55. The van der Waals surface area contributed by atoms with Crippen molar-refractivity contribution < 1.29 is 22.3 Å². The van der Waals surface area contributed by atoms with E-state index in [2.05, 4.69) is 5.10 Å². The van der Waals surface area contributed by atoms with Crippen LogP contribution in [0.15, 0.2) is 12.1 Å². The summed E-state index contributed by atoms with van der Waals surface area (Å²) in [6, 6.07) is 2.94. The summed E-state index contributed by atoms with van der Waals surface area (Å²) in [4.78, 5) is 0. The number of nitrogen functional groups attached to an aromatic ring is 1. The monoisotopic (exact) mass is 389 g/mol. The number of hydrogen-bond donors (Lipinski definition) is 1. The molecule has 2 N–H and O–H groups in total. The van der Waals surface area contributed by atoms with Crippen LogP contribution in [0, 0.1) is 0 Å². The summed E-state index contributed by atoms with van der Waals surface area (Å²) in [5, 5.41) is 4.06. The van der Waals surface area contributed by atoms with Gasteiger partial charge in [0, 0.05) is 12.6 Å². The maximum atomic E-state index is 13.9. The third-order valence-electron chi connectivity index (χ3n) is 5.03. The normalized spacial score (nSPS) is 14.7. The topological polar surface area (TPSA) is 62.3 Å². The lowest BCUT2D eigenvalue weighted by molar-refractivity contribution is -0.201. The van der Waals surface area contributed by atoms with Gasteiger partial charge in [0.05, 0.1) is 18.0 Å². The average molecular weight is 389 g/mol. The van der Waals surface area contributed by atoms with Crippen LogP contribution in [-0.4, -0.2) is 31.4 Å². The van der Waals surface area contributed by atoms with E-state index in [1.54, 1.807) is 26.2 Å². The van der Waals surface area contributed by atoms with Gasteiger partial charge in [0.25, 0.3) is 0 Å². The molecule has 0 radical (unpaired) electrons. The van der Waals surface area contributed by atoms with Crippen LogP contribution < -0.4 is 10.5 Å². The van der Waals surface area contributed by atoms with E-state index >= 15 is 0 Å². The van der Waals surface area contributed by atoms with E-state index in [9.17, 15) is 13.2 Å². The highest BCUT2D eigenvalue weighted by molar-refractivity contribution is 6.74. The molecule has 2 aromatic rings. The fraction of sp³-hybridized carbons (Fsp3) is 0.588. The number of nitrogens with zero attached hydrogens (tertiary/aromatic N) is 2. The Bertz CT molecular complexity index is 810. The minimum Gasteiger partial charge on any atom is -0.496 e. The highest BCUT2D eigenvalue weighted by Crippen LogP contribution is 2.48. The number of hydrogen-bond acceptors (Lipinski definition) is 4. The van der Waals surface area contributed by atoms with Crippen LogP contribution >= 0.6 is 0 Å². The molecule has 26 heavy (non-hydrogen) atoms. The number of methoxy groups -OCH3 is 1. The Hall–Kier alpha value is -1.74. The van der Waals surface area contributed by atoms with Crippen LogP contribution in [0.25, 0.3) is 10.9 Å². The minimum atomic E-state index is -4.59. The van der Waals surface area contributed by atoms with Gasteiger partial charge in [-0.25, -0.2) is 0 Å². The molecule has 5 nitrogen and oxygen atoms in total. The number of nitrogens with two attached hydrogens (primary N) is 1. The van der Waals surface area contributed by atoms with Crippen molar-refractivity contribution in [3.05, 3.63) is 17.7 Å². The summed E-state index contributed by atoms with van der Waals surface area (Å²) in [6.07, 6.45) is -6.68. The molecule has 1 heterocycles.